The Balaban J connectivity index is 1.74. The third kappa shape index (κ3) is 3.64. The van der Waals surface area contributed by atoms with Gasteiger partial charge in [-0.1, -0.05) is 29.8 Å². The number of benzene rings is 2. The zero-order valence-corrected chi connectivity index (χ0v) is 15.2. The fourth-order valence-corrected chi connectivity index (χ4v) is 2.90. The van der Waals surface area contributed by atoms with Crippen LogP contribution in [0.3, 0.4) is 0 Å². The molecule has 2 aromatic carbocycles. The molecule has 0 radical (unpaired) electrons. The number of anilines is 2. The van der Waals surface area contributed by atoms with Crippen LogP contribution in [-0.4, -0.2) is 31.0 Å². The fourth-order valence-electron chi connectivity index (χ4n) is 2.90. The van der Waals surface area contributed by atoms with E-state index in [0.717, 1.165) is 11.3 Å². The van der Waals surface area contributed by atoms with Crippen LogP contribution in [0.4, 0.5) is 11.4 Å². The number of aryl methyl sites for hydroxylation is 1. The summed E-state index contributed by atoms with van der Waals surface area (Å²) in [4.78, 5) is 26.6. The van der Waals surface area contributed by atoms with Gasteiger partial charge in [-0.2, -0.15) is 0 Å². The Bertz CT molecular complexity index is 804. The number of nitrogens with zero attached hydrogens (tertiary/aromatic N) is 2. The molecule has 1 heterocycles. The molecule has 1 N–H and O–H groups in total. The molecule has 1 aliphatic heterocycles. The summed E-state index contributed by atoms with van der Waals surface area (Å²) in [5.41, 5.74) is 5.54. The summed E-state index contributed by atoms with van der Waals surface area (Å²) in [6.07, 6.45) is -0.614. The quantitative estimate of drug-likeness (QED) is 0.840. The number of hydrogen-bond acceptors (Lipinski definition) is 4. The lowest BCUT2D eigenvalue weighted by molar-refractivity contribution is -0.128. The van der Waals surface area contributed by atoms with E-state index in [9.17, 15) is 9.59 Å². The predicted molar refractivity (Wildman–Crippen MR) is 101 cm³/mol. The minimum atomic E-state index is -0.614. The number of hydrogen-bond donors (Lipinski definition) is 1. The van der Waals surface area contributed by atoms with Gasteiger partial charge in [0.1, 0.15) is 12.3 Å². The molecule has 0 aromatic heterocycles. The summed E-state index contributed by atoms with van der Waals surface area (Å²) in [5.74, 6) is 0.125. The van der Waals surface area contributed by atoms with Gasteiger partial charge in [0, 0.05) is 6.54 Å². The van der Waals surface area contributed by atoms with Crippen molar-refractivity contribution in [2.75, 3.05) is 23.0 Å². The molecular formula is C20H23N3O3. The van der Waals surface area contributed by atoms with Gasteiger partial charge in [0.05, 0.1) is 11.4 Å². The van der Waals surface area contributed by atoms with E-state index in [-0.39, 0.29) is 18.4 Å². The minimum Gasteiger partial charge on any atom is -0.479 e. The highest BCUT2D eigenvalue weighted by Crippen LogP contribution is 2.33. The SMILES string of the molecule is CCN(NC(=O)CN1C(=O)[C@H](C)Oc2ccccc21)c1ccc(C)cc1. The Morgan fingerprint density at radius 3 is 2.58 bits per heavy atom. The second-order valence-corrected chi connectivity index (χ2v) is 6.27. The normalized spacial score (nSPS) is 15.9. The Morgan fingerprint density at radius 2 is 1.88 bits per heavy atom. The number of fused-ring (bicyclic) bond motifs is 1. The van der Waals surface area contributed by atoms with Gasteiger partial charge in [0.25, 0.3) is 11.8 Å². The monoisotopic (exact) mass is 353 g/mol. The number of ether oxygens (including phenoxy) is 1. The molecule has 6 nitrogen and oxygen atoms in total. The Hall–Kier alpha value is -3.02. The molecule has 26 heavy (non-hydrogen) atoms. The van der Waals surface area contributed by atoms with E-state index in [0.29, 0.717) is 18.0 Å². The van der Waals surface area contributed by atoms with E-state index in [1.807, 2.05) is 50.2 Å². The highest BCUT2D eigenvalue weighted by molar-refractivity contribution is 6.03. The van der Waals surface area contributed by atoms with Gasteiger partial charge >= 0.3 is 0 Å². The highest BCUT2D eigenvalue weighted by Gasteiger charge is 2.32. The van der Waals surface area contributed by atoms with Crippen LogP contribution < -0.4 is 20.1 Å². The van der Waals surface area contributed by atoms with Gasteiger partial charge in [0.15, 0.2) is 6.10 Å². The van der Waals surface area contributed by atoms with Crippen LogP contribution in [0, 0.1) is 6.92 Å². The van der Waals surface area contributed by atoms with Gasteiger partial charge in [-0.15, -0.1) is 0 Å². The standard InChI is InChI=1S/C20H23N3O3/c1-4-23(16-11-9-14(2)10-12-16)21-19(24)13-22-17-7-5-6-8-18(17)26-15(3)20(22)25/h5-12,15H,4,13H2,1-3H3,(H,21,24)/t15-/m0/s1. The zero-order valence-electron chi connectivity index (χ0n) is 15.2. The van der Waals surface area contributed by atoms with Crippen LogP contribution in [0.25, 0.3) is 0 Å². The molecule has 0 unspecified atom stereocenters. The first-order valence-corrected chi connectivity index (χ1v) is 8.70. The molecule has 2 aromatic rings. The summed E-state index contributed by atoms with van der Waals surface area (Å²) < 4.78 is 5.61. The second-order valence-electron chi connectivity index (χ2n) is 6.27. The Morgan fingerprint density at radius 1 is 1.19 bits per heavy atom. The third-order valence-electron chi connectivity index (χ3n) is 4.30. The van der Waals surface area contributed by atoms with Gasteiger partial charge in [-0.05, 0) is 45.0 Å². The molecule has 2 amide bonds. The third-order valence-corrected chi connectivity index (χ3v) is 4.30. The van der Waals surface area contributed by atoms with Crippen molar-refractivity contribution in [3.05, 3.63) is 54.1 Å². The molecule has 136 valence electrons. The van der Waals surface area contributed by atoms with E-state index in [1.165, 1.54) is 4.90 Å². The van der Waals surface area contributed by atoms with E-state index >= 15 is 0 Å². The maximum atomic E-state index is 12.6. The van der Waals surface area contributed by atoms with Crippen LogP contribution >= 0.6 is 0 Å². The number of rotatable bonds is 5. The number of hydrazine groups is 1. The van der Waals surface area contributed by atoms with Crippen LogP contribution in [0.2, 0.25) is 0 Å². The van der Waals surface area contributed by atoms with Gasteiger partial charge < -0.3 is 4.74 Å². The summed E-state index contributed by atoms with van der Waals surface area (Å²) in [6, 6.07) is 15.1. The van der Waals surface area contributed by atoms with Crippen LogP contribution in [0.1, 0.15) is 19.4 Å². The smallest absolute Gasteiger partial charge is 0.268 e. The van der Waals surface area contributed by atoms with Crippen LogP contribution in [0.5, 0.6) is 5.75 Å². The van der Waals surface area contributed by atoms with Gasteiger partial charge in [-0.25, -0.2) is 0 Å². The summed E-state index contributed by atoms with van der Waals surface area (Å²) in [5, 5.41) is 1.77. The number of carbonyl (C=O) groups excluding carboxylic acids is 2. The van der Waals surface area contributed by atoms with Crippen molar-refractivity contribution in [1.82, 2.24) is 5.43 Å². The lowest BCUT2D eigenvalue weighted by Gasteiger charge is -2.33. The summed E-state index contributed by atoms with van der Waals surface area (Å²) >= 11 is 0. The van der Waals surface area contributed by atoms with Crippen molar-refractivity contribution in [2.24, 2.45) is 0 Å². The topological polar surface area (TPSA) is 61.9 Å². The summed E-state index contributed by atoms with van der Waals surface area (Å²) in [7, 11) is 0. The maximum Gasteiger partial charge on any atom is 0.268 e. The number of para-hydroxylation sites is 2. The molecule has 0 saturated heterocycles. The largest absolute Gasteiger partial charge is 0.479 e. The van der Waals surface area contributed by atoms with Gasteiger partial charge in [-0.3, -0.25) is 24.9 Å². The second kappa shape index (κ2) is 7.47. The molecule has 6 heteroatoms. The van der Waals surface area contributed by atoms with Crippen molar-refractivity contribution in [1.29, 1.82) is 0 Å². The first kappa shape index (κ1) is 17.8. The molecule has 3 rings (SSSR count). The van der Waals surface area contributed by atoms with Crippen molar-refractivity contribution in [2.45, 2.75) is 26.9 Å². The summed E-state index contributed by atoms with van der Waals surface area (Å²) in [6.45, 7) is 6.21. The Kier molecular flexibility index (Phi) is 5.11. The van der Waals surface area contributed by atoms with Crippen molar-refractivity contribution >= 4 is 23.2 Å². The average molecular weight is 353 g/mol. The van der Waals surface area contributed by atoms with E-state index in [4.69, 9.17) is 4.74 Å². The molecule has 1 aliphatic rings. The van der Waals surface area contributed by atoms with E-state index in [2.05, 4.69) is 5.43 Å². The first-order valence-electron chi connectivity index (χ1n) is 8.70. The molecular weight excluding hydrogens is 330 g/mol. The van der Waals surface area contributed by atoms with Crippen molar-refractivity contribution in [3.8, 4) is 5.75 Å². The number of carbonyl (C=O) groups is 2. The van der Waals surface area contributed by atoms with Gasteiger partial charge in [0.2, 0.25) is 0 Å². The first-order chi connectivity index (χ1) is 12.5. The highest BCUT2D eigenvalue weighted by atomic mass is 16.5. The van der Waals surface area contributed by atoms with Crippen molar-refractivity contribution in [3.63, 3.8) is 0 Å². The molecule has 0 aliphatic carbocycles. The molecule has 1 atom stereocenters. The van der Waals surface area contributed by atoms with E-state index in [1.54, 1.807) is 24.1 Å². The average Bonchev–Trinajstić information content (AvgIpc) is 2.64. The molecule has 0 bridgehead atoms. The van der Waals surface area contributed by atoms with Crippen LogP contribution in [0.15, 0.2) is 48.5 Å². The molecule has 0 fully saturated rings. The lowest BCUT2D eigenvalue weighted by atomic mass is 10.2. The van der Waals surface area contributed by atoms with Crippen molar-refractivity contribution < 1.29 is 14.3 Å². The molecule has 0 saturated carbocycles. The number of amides is 2. The Labute approximate surface area is 153 Å². The zero-order chi connectivity index (χ0) is 18.7. The minimum absolute atomic E-state index is 0.0636. The molecule has 0 spiro atoms. The lowest BCUT2D eigenvalue weighted by Crippen LogP contribution is -2.52. The predicted octanol–water partition coefficient (Wildman–Crippen LogP) is 2.67. The maximum absolute atomic E-state index is 12.6. The number of nitrogens with one attached hydrogen (secondary N) is 1. The fraction of sp³-hybridized carbons (Fsp3) is 0.300. The van der Waals surface area contributed by atoms with E-state index < -0.39 is 6.10 Å². The van der Waals surface area contributed by atoms with Crippen LogP contribution in [-0.2, 0) is 9.59 Å².